The second-order valence-corrected chi connectivity index (χ2v) is 6.08. The lowest BCUT2D eigenvalue weighted by atomic mass is 9.73. The Morgan fingerprint density at radius 1 is 1.15 bits per heavy atom. The van der Waals surface area contributed by atoms with Crippen molar-refractivity contribution in [3.63, 3.8) is 0 Å². The number of aldehydes is 1. The highest BCUT2D eigenvalue weighted by molar-refractivity contribution is 5.66. The van der Waals surface area contributed by atoms with Gasteiger partial charge in [-0.05, 0) is 55.7 Å². The molecular formula is C19H26O. The van der Waals surface area contributed by atoms with Crippen LogP contribution in [0, 0.1) is 5.41 Å². The summed E-state index contributed by atoms with van der Waals surface area (Å²) in [4.78, 5) is 10.3. The van der Waals surface area contributed by atoms with Gasteiger partial charge in [0.05, 0.1) is 0 Å². The highest BCUT2D eigenvalue weighted by Crippen LogP contribution is 2.40. The largest absolute Gasteiger partial charge is 0.299 e. The number of carbonyl (C=O) groups excluding carboxylic acids is 1. The van der Waals surface area contributed by atoms with Crippen molar-refractivity contribution in [3.05, 3.63) is 59.3 Å². The summed E-state index contributed by atoms with van der Waals surface area (Å²) in [6.07, 6.45) is 18.4. The van der Waals surface area contributed by atoms with Crippen molar-refractivity contribution in [1.29, 1.82) is 0 Å². The van der Waals surface area contributed by atoms with Gasteiger partial charge >= 0.3 is 0 Å². The molecule has 0 spiro atoms. The van der Waals surface area contributed by atoms with Gasteiger partial charge in [0.1, 0.15) is 6.29 Å². The van der Waals surface area contributed by atoms with E-state index in [1.807, 2.05) is 31.2 Å². The monoisotopic (exact) mass is 270 g/mol. The fourth-order valence-corrected chi connectivity index (χ4v) is 2.66. The predicted molar refractivity (Wildman–Crippen MR) is 87.6 cm³/mol. The zero-order chi connectivity index (χ0) is 15.0. The lowest BCUT2D eigenvalue weighted by Gasteiger charge is -2.32. The molecule has 0 atom stereocenters. The van der Waals surface area contributed by atoms with Crippen molar-refractivity contribution in [3.8, 4) is 0 Å². The van der Waals surface area contributed by atoms with Gasteiger partial charge in [0, 0.05) is 0 Å². The molecule has 0 aromatic carbocycles. The average molecular weight is 270 g/mol. The molecule has 0 saturated heterocycles. The SMILES string of the molecule is CC(C=CC=CC=CC1=C(C)CCCC1(C)C)=CC=O. The molecule has 0 saturated carbocycles. The fourth-order valence-electron chi connectivity index (χ4n) is 2.66. The van der Waals surface area contributed by atoms with Crippen LogP contribution >= 0.6 is 0 Å². The summed E-state index contributed by atoms with van der Waals surface area (Å²) in [7, 11) is 0. The van der Waals surface area contributed by atoms with Gasteiger partial charge in [0.25, 0.3) is 0 Å². The summed E-state index contributed by atoms with van der Waals surface area (Å²) in [6.45, 7) is 8.81. The Hall–Kier alpha value is -1.63. The molecule has 1 rings (SSSR count). The standard InChI is InChI=1S/C19H26O/c1-16(13-15-20)10-7-5-6-8-12-18-17(2)11-9-14-19(18,3)4/h5-8,10,12-13,15H,9,11,14H2,1-4H3. The Kier molecular flexibility index (Phi) is 6.44. The van der Waals surface area contributed by atoms with Crippen LogP contribution in [0.15, 0.2) is 59.3 Å². The van der Waals surface area contributed by atoms with Crippen molar-refractivity contribution in [1.82, 2.24) is 0 Å². The third kappa shape index (κ3) is 5.16. The van der Waals surface area contributed by atoms with E-state index >= 15 is 0 Å². The van der Waals surface area contributed by atoms with Crippen LogP contribution in [0.3, 0.4) is 0 Å². The van der Waals surface area contributed by atoms with E-state index in [0.29, 0.717) is 5.41 Å². The minimum absolute atomic E-state index is 0.297. The lowest BCUT2D eigenvalue weighted by Crippen LogP contribution is -2.18. The zero-order valence-electron chi connectivity index (χ0n) is 13.1. The summed E-state index contributed by atoms with van der Waals surface area (Å²) >= 11 is 0. The molecule has 1 nitrogen and oxygen atoms in total. The highest BCUT2D eigenvalue weighted by Gasteiger charge is 2.26. The number of rotatable bonds is 5. The molecule has 1 heteroatoms. The summed E-state index contributed by atoms with van der Waals surface area (Å²) in [5.74, 6) is 0. The molecular weight excluding hydrogens is 244 g/mol. The predicted octanol–water partition coefficient (Wildman–Crippen LogP) is 5.33. The van der Waals surface area contributed by atoms with Gasteiger partial charge in [-0.15, -0.1) is 0 Å². The number of hydrogen-bond donors (Lipinski definition) is 0. The Balaban J connectivity index is 2.65. The first-order valence-corrected chi connectivity index (χ1v) is 7.31. The molecule has 0 heterocycles. The first-order chi connectivity index (χ1) is 9.47. The van der Waals surface area contributed by atoms with Gasteiger partial charge < -0.3 is 0 Å². The molecule has 1 aliphatic rings. The molecule has 0 fully saturated rings. The van der Waals surface area contributed by atoms with Crippen LogP contribution in [0.25, 0.3) is 0 Å². The Labute approximate surface area is 123 Å². The van der Waals surface area contributed by atoms with Crippen LogP contribution < -0.4 is 0 Å². The summed E-state index contributed by atoms with van der Waals surface area (Å²) in [5.41, 5.74) is 4.26. The van der Waals surface area contributed by atoms with Crippen LogP contribution in [0.2, 0.25) is 0 Å². The molecule has 0 bridgehead atoms. The van der Waals surface area contributed by atoms with E-state index < -0.39 is 0 Å². The van der Waals surface area contributed by atoms with E-state index in [2.05, 4.69) is 32.9 Å². The molecule has 1 aliphatic carbocycles. The second kappa shape index (κ2) is 7.84. The third-order valence-electron chi connectivity index (χ3n) is 3.83. The maximum absolute atomic E-state index is 10.3. The Morgan fingerprint density at radius 3 is 2.50 bits per heavy atom. The Bertz CT molecular complexity index is 482. The van der Waals surface area contributed by atoms with Crippen molar-refractivity contribution >= 4 is 6.29 Å². The van der Waals surface area contributed by atoms with Gasteiger partial charge in [0.15, 0.2) is 0 Å². The van der Waals surface area contributed by atoms with Gasteiger partial charge in [-0.2, -0.15) is 0 Å². The van der Waals surface area contributed by atoms with E-state index in [1.165, 1.54) is 30.4 Å². The molecule has 0 unspecified atom stereocenters. The normalized spacial score (nSPS) is 20.5. The molecule has 20 heavy (non-hydrogen) atoms. The quantitative estimate of drug-likeness (QED) is 0.375. The summed E-state index contributed by atoms with van der Waals surface area (Å²) in [5, 5.41) is 0. The minimum Gasteiger partial charge on any atom is -0.299 e. The lowest BCUT2D eigenvalue weighted by molar-refractivity contribution is -0.104. The number of carbonyl (C=O) groups is 1. The first kappa shape index (κ1) is 16.4. The fraction of sp³-hybridized carbons (Fsp3) is 0.421. The third-order valence-corrected chi connectivity index (χ3v) is 3.83. The van der Waals surface area contributed by atoms with Crippen molar-refractivity contribution in [2.24, 2.45) is 5.41 Å². The van der Waals surface area contributed by atoms with Crippen LogP contribution in [0.4, 0.5) is 0 Å². The molecule has 0 aromatic rings. The first-order valence-electron chi connectivity index (χ1n) is 7.31. The number of hydrogen-bond acceptors (Lipinski definition) is 1. The Morgan fingerprint density at radius 2 is 1.85 bits per heavy atom. The van der Waals surface area contributed by atoms with E-state index in [4.69, 9.17) is 0 Å². The van der Waals surface area contributed by atoms with Crippen LogP contribution in [-0.4, -0.2) is 6.29 Å². The van der Waals surface area contributed by atoms with Gasteiger partial charge in [-0.25, -0.2) is 0 Å². The number of allylic oxidation sites excluding steroid dienone is 10. The topological polar surface area (TPSA) is 17.1 Å². The van der Waals surface area contributed by atoms with Crippen molar-refractivity contribution in [2.45, 2.75) is 47.0 Å². The maximum atomic E-state index is 10.3. The van der Waals surface area contributed by atoms with Gasteiger partial charge in [-0.1, -0.05) is 55.9 Å². The van der Waals surface area contributed by atoms with Crippen molar-refractivity contribution in [2.75, 3.05) is 0 Å². The van der Waals surface area contributed by atoms with Crippen LogP contribution in [0.5, 0.6) is 0 Å². The van der Waals surface area contributed by atoms with E-state index in [-0.39, 0.29) is 0 Å². The highest BCUT2D eigenvalue weighted by atomic mass is 16.1. The van der Waals surface area contributed by atoms with Gasteiger partial charge in [0.2, 0.25) is 0 Å². The molecule has 0 amide bonds. The van der Waals surface area contributed by atoms with Crippen molar-refractivity contribution < 1.29 is 4.79 Å². The molecule has 0 aromatic heterocycles. The van der Waals surface area contributed by atoms with E-state index in [1.54, 1.807) is 6.08 Å². The van der Waals surface area contributed by atoms with E-state index in [0.717, 1.165) is 11.9 Å². The second-order valence-electron chi connectivity index (χ2n) is 6.08. The van der Waals surface area contributed by atoms with Crippen LogP contribution in [-0.2, 0) is 4.79 Å². The summed E-state index contributed by atoms with van der Waals surface area (Å²) < 4.78 is 0. The molecule has 0 aliphatic heterocycles. The van der Waals surface area contributed by atoms with Gasteiger partial charge in [-0.3, -0.25) is 4.79 Å². The average Bonchev–Trinajstić information content (AvgIpc) is 2.36. The molecule has 0 radical (unpaired) electrons. The molecule has 0 N–H and O–H groups in total. The smallest absolute Gasteiger partial charge is 0.143 e. The minimum atomic E-state index is 0.297. The molecule has 108 valence electrons. The van der Waals surface area contributed by atoms with Crippen LogP contribution in [0.1, 0.15) is 47.0 Å². The zero-order valence-corrected chi connectivity index (χ0v) is 13.1. The summed E-state index contributed by atoms with van der Waals surface area (Å²) in [6, 6.07) is 0. The maximum Gasteiger partial charge on any atom is 0.143 e. The van der Waals surface area contributed by atoms with E-state index in [9.17, 15) is 4.79 Å².